The van der Waals surface area contributed by atoms with Gasteiger partial charge in [-0.3, -0.25) is 4.79 Å². The second-order valence-corrected chi connectivity index (χ2v) is 2.90. The molecule has 1 heterocycles. The van der Waals surface area contributed by atoms with Gasteiger partial charge >= 0.3 is 18.0 Å². The molecule has 1 saturated heterocycles. The summed E-state index contributed by atoms with van der Waals surface area (Å²) in [5.41, 5.74) is 0. The molecule has 0 atom stereocenters. The van der Waals surface area contributed by atoms with E-state index in [0.717, 1.165) is 0 Å². The van der Waals surface area contributed by atoms with Crippen molar-refractivity contribution in [2.75, 3.05) is 13.1 Å². The standard InChI is InChI=1S/C6H7F5N2O/c7-5(8,6(9,10)11)4(14)13-3-1-12-2-3/h3,12H,1-2H2,(H,13,14). The highest BCUT2D eigenvalue weighted by molar-refractivity contribution is 5.84. The first-order valence-corrected chi connectivity index (χ1v) is 3.71. The molecule has 0 aromatic carbocycles. The molecule has 0 radical (unpaired) electrons. The van der Waals surface area contributed by atoms with Gasteiger partial charge < -0.3 is 10.6 Å². The Labute approximate surface area is 75.6 Å². The summed E-state index contributed by atoms with van der Waals surface area (Å²) in [7, 11) is 0. The fraction of sp³-hybridized carbons (Fsp3) is 0.833. The number of carbonyl (C=O) groups is 1. The van der Waals surface area contributed by atoms with Crippen LogP contribution in [0.25, 0.3) is 0 Å². The average molecular weight is 218 g/mol. The minimum Gasteiger partial charge on any atom is -0.345 e. The van der Waals surface area contributed by atoms with Crippen LogP contribution in [0.3, 0.4) is 0 Å². The molecule has 0 aliphatic carbocycles. The summed E-state index contributed by atoms with van der Waals surface area (Å²) in [5.74, 6) is -7.61. The zero-order valence-electron chi connectivity index (χ0n) is 6.79. The van der Waals surface area contributed by atoms with Crippen LogP contribution in [0.4, 0.5) is 22.0 Å². The maximum atomic E-state index is 12.3. The van der Waals surface area contributed by atoms with Crippen LogP contribution < -0.4 is 10.6 Å². The maximum Gasteiger partial charge on any atom is 0.463 e. The molecule has 0 bridgehead atoms. The van der Waals surface area contributed by atoms with Crippen molar-refractivity contribution in [3.63, 3.8) is 0 Å². The Bertz CT molecular complexity index is 235. The van der Waals surface area contributed by atoms with E-state index < -0.39 is 24.0 Å². The van der Waals surface area contributed by atoms with Gasteiger partial charge in [0.25, 0.3) is 0 Å². The van der Waals surface area contributed by atoms with E-state index in [1.807, 2.05) is 0 Å². The third-order valence-electron chi connectivity index (χ3n) is 1.76. The maximum absolute atomic E-state index is 12.3. The Balaban J connectivity index is 2.57. The Kier molecular flexibility index (Phi) is 2.66. The first-order valence-electron chi connectivity index (χ1n) is 3.71. The molecule has 0 aromatic rings. The molecular formula is C6H7F5N2O. The first-order chi connectivity index (χ1) is 6.25. The van der Waals surface area contributed by atoms with Gasteiger partial charge in [0.15, 0.2) is 0 Å². The summed E-state index contributed by atoms with van der Waals surface area (Å²) < 4.78 is 59.5. The molecule has 0 saturated carbocycles. The highest BCUT2D eigenvalue weighted by Gasteiger charge is 2.63. The molecule has 1 fully saturated rings. The number of amides is 1. The van der Waals surface area contributed by atoms with Crippen molar-refractivity contribution >= 4 is 5.91 Å². The van der Waals surface area contributed by atoms with E-state index in [1.165, 1.54) is 0 Å². The highest BCUT2D eigenvalue weighted by atomic mass is 19.4. The van der Waals surface area contributed by atoms with Crippen LogP contribution in [0.5, 0.6) is 0 Å². The predicted octanol–water partition coefficient (Wildman–Crippen LogP) is 0.272. The number of alkyl halides is 5. The molecule has 8 heteroatoms. The molecule has 82 valence electrons. The van der Waals surface area contributed by atoms with Gasteiger partial charge in [0.05, 0.1) is 6.04 Å². The number of hydrogen-bond donors (Lipinski definition) is 2. The number of nitrogens with one attached hydrogen (secondary N) is 2. The van der Waals surface area contributed by atoms with Crippen LogP contribution in [0.2, 0.25) is 0 Å². The second kappa shape index (κ2) is 3.34. The van der Waals surface area contributed by atoms with Crippen LogP contribution in [0.15, 0.2) is 0 Å². The largest absolute Gasteiger partial charge is 0.463 e. The van der Waals surface area contributed by atoms with Crippen LogP contribution in [-0.4, -0.2) is 37.1 Å². The van der Waals surface area contributed by atoms with Crippen molar-refractivity contribution in [2.45, 2.75) is 18.1 Å². The van der Waals surface area contributed by atoms with Crippen molar-refractivity contribution in [1.82, 2.24) is 10.6 Å². The fourth-order valence-corrected chi connectivity index (χ4v) is 0.796. The molecule has 1 rings (SSSR count). The minimum atomic E-state index is -5.84. The summed E-state index contributed by atoms with van der Waals surface area (Å²) in [4.78, 5) is 10.5. The summed E-state index contributed by atoms with van der Waals surface area (Å²) in [6, 6.07) is -0.643. The van der Waals surface area contributed by atoms with Gasteiger partial charge in [-0.2, -0.15) is 22.0 Å². The van der Waals surface area contributed by atoms with Gasteiger partial charge in [0.2, 0.25) is 0 Å². The fourth-order valence-electron chi connectivity index (χ4n) is 0.796. The lowest BCUT2D eigenvalue weighted by atomic mass is 10.1. The third kappa shape index (κ3) is 1.94. The lowest BCUT2D eigenvalue weighted by molar-refractivity contribution is -0.270. The van der Waals surface area contributed by atoms with Gasteiger partial charge in [0.1, 0.15) is 0 Å². The van der Waals surface area contributed by atoms with E-state index in [0.29, 0.717) is 0 Å². The molecule has 0 unspecified atom stereocenters. The summed E-state index contributed by atoms with van der Waals surface area (Å²) in [6.45, 7) is 0.416. The van der Waals surface area contributed by atoms with Crippen LogP contribution in [-0.2, 0) is 4.79 Å². The zero-order chi connectivity index (χ0) is 11.0. The van der Waals surface area contributed by atoms with Gasteiger partial charge in [-0.05, 0) is 0 Å². The summed E-state index contributed by atoms with van der Waals surface area (Å²) in [6.07, 6.45) is -5.84. The molecule has 1 aliphatic heterocycles. The average Bonchev–Trinajstić information content (AvgIpc) is 1.93. The smallest absolute Gasteiger partial charge is 0.345 e. The first kappa shape index (κ1) is 11.2. The number of halogens is 5. The van der Waals surface area contributed by atoms with Crippen molar-refractivity contribution in [3.05, 3.63) is 0 Å². The predicted molar refractivity (Wildman–Crippen MR) is 35.8 cm³/mol. The van der Waals surface area contributed by atoms with Crippen LogP contribution in [0, 0.1) is 0 Å². The Morgan fingerprint density at radius 2 is 1.71 bits per heavy atom. The molecule has 0 spiro atoms. The van der Waals surface area contributed by atoms with Crippen molar-refractivity contribution < 1.29 is 26.7 Å². The van der Waals surface area contributed by atoms with Crippen molar-refractivity contribution in [2.24, 2.45) is 0 Å². The third-order valence-corrected chi connectivity index (χ3v) is 1.76. The minimum absolute atomic E-state index is 0.208. The molecule has 1 aliphatic rings. The molecule has 1 amide bonds. The normalized spacial score (nSPS) is 18.9. The second-order valence-electron chi connectivity index (χ2n) is 2.90. The van der Waals surface area contributed by atoms with Crippen LogP contribution in [0.1, 0.15) is 0 Å². The number of hydrogen-bond acceptors (Lipinski definition) is 2. The van der Waals surface area contributed by atoms with E-state index in [-0.39, 0.29) is 13.1 Å². The summed E-state index contributed by atoms with van der Waals surface area (Å²) >= 11 is 0. The van der Waals surface area contributed by atoms with E-state index in [1.54, 1.807) is 5.32 Å². The molecule has 0 aromatic heterocycles. The zero-order valence-corrected chi connectivity index (χ0v) is 6.79. The van der Waals surface area contributed by atoms with Crippen molar-refractivity contribution in [3.8, 4) is 0 Å². The Morgan fingerprint density at radius 1 is 1.21 bits per heavy atom. The molecular weight excluding hydrogens is 211 g/mol. The van der Waals surface area contributed by atoms with Crippen LogP contribution >= 0.6 is 0 Å². The lowest BCUT2D eigenvalue weighted by Gasteiger charge is -2.29. The molecule has 3 nitrogen and oxygen atoms in total. The number of rotatable bonds is 2. The van der Waals surface area contributed by atoms with E-state index in [2.05, 4.69) is 5.32 Å². The Hall–Kier alpha value is -0.920. The lowest BCUT2D eigenvalue weighted by Crippen LogP contribution is -2.61. The molecule has 2 N–H and O–H groups in total. The van der Waals surface area contributed by atoms with Gasteiger partial charge in [0, 0.05) is 13.1 Å². The highest BCUT2D eigenvalue weighted by Crippen LogP contribution is 2.35. The van der Waals surface area contributed by atoms with Crippen molar-refractivity contribution in [1.29, 1.82) is 0 Å². The number of carbonyl (C=O) groups excluding carboxylic acids is 1. The monoisotopic (exact) mass is 218 g/mol. The van der Waals surface area contributed by atoms with Gasteiger partial charge in [-0.25, -0.2) is 0 Å². The Morgan fingerprint density at radius 3 is 2.00 bits per heavy atom. The molecule has 14 heavy (non-hydrogen) atoms. The van der Waals surface area contributed by atoms with E-state index in [4.69, 9.17) is 0 Å². The van der Waals surface area contributed by atoms with Gasteiger partial charge in [-0.15, -0.1) is 0 Å². The quantitative estimate of drug-likeness (QED) is 0.653. The van der Waals surface area contributed by atoms with E-state index in [9.17, 15) is 26.7 Å². The van der Waals surface area contributed by atoms with E-state index >= 15 is 0 Å². The topological polar surface area (TPSA) is 41.1 Å². The summed E-state index contributed by atoms with van der Waals surface area (Å²) in [5, 5.41) is 4.21. The van der Waals surface area contributed by atoms with Gasteiger partial charge in [-0.1, -0.05) is 0 Å². The SMILES string of the molecule is O=C(NC1CNC1)C(F)(F)C(F)(F)F.